The van der Waals surface area contributed by atoms with E-state index in [1.54, 1.807) is 0 Å². The summed E-state index contributed by atoms with van der Waals surface area (Å²) in [6, 6.07) is 0. The molecule has 0 aromatic carbocycles. The van der Waals surface area contributed by atoms with Gasteiger partial charge in [-0.15, -0.1) is 0 Å². The molecule has 0 aliphatic carbocycles. The molecule has 0 spiro atoms. The first kappa shape index (κ1) is 14.3. The summed E-state index contributed by atoms with van der Waals surface area (Å²) < 4.78 is 6.34. The zero-order valence-corrected chi connectivity index (χ0v) is 13.3. The minimum absolute atomic E-state index is 0.0106. The van der Waals surface area contributed by atoms with Gasteiger partial charge in [0.05, 0.1) is 11.2 Å². The topological polar surface area (TPSA) is 21.3 Å². The fourth-order valence-electron chi connectivity index (χ4n) is 4.56. The predicted molar refractivity (Wildman–Crippen MR) is 76.8 cm³/mol. The molecule has 0 amide bonds. The van der Waals surface area contributed by atoms with Crippen LogP contribution in [0.15, 0.2) is 0 Å². The second-order valence-electron chi connectivity index (χ2n) is 8.47. The highest BCUT2D eigenvalue weighted by Gasteiger charge is 2.59. The predicted octanol–water partition coefficient (Wildman–Crippen LogP) is 3.75. The third-order valence-corrected chi connectivity index (χ3v) is 5.20. The lowest BCUT2D eigenvalue weighted by Gasteiger charge is -2.50. The first-order valence-corrected chi connectivity index (χ1v) is 7.45. The Morgan fingerprint density at radius 3 is 2.06 bits per heavy atom. The van der Waals surface area contributed by atoms with Crippen molar-refractivity contribution in [3.63, 3.8) is 0 Å². The molecule has 106 valence electrons. The largest absolute Gasteiger partial charge is 0.369 e. The smallest absolute Gasteiger partial charge is 0.0680 e. The van der Waals surface area contributed by atoms with Gasteiger partial charge in [0.15, 0.2) is 0 Å². The molecule has 0 bridgehead atoms. The highest BCUT2D eigenvalue weighted by molar-refractivity contribution is 5.13. The lowest BCUT2D eigenvalue weighted by Crippen LogP contribution is -2.60. The van der Waals surface area contributed by atoms with Crippen molar-refractivity contribution in [1.82, 2.24) is 5.32 Å². The first-order valence-electron chi connectivity index (χ1n) is 7.45. The summed E-state index contributed by atoms with van der Waals surface area (Å²) in [5.41, 5.74) is 0.476. The fraction of sp³-hybridized carbons (Fsp3) is 1.00. The summed E-state index contributed by atoms with van der Waals surface area (Å²) in [7, 11) is 0. The Kier molecular flexibility index (Phi) is 3.15. The van der Waals surface area contributed by atoms with Crippen LogP contribution < -0.4 is 5.32 Å². The maximum Gasteiger partial charge on any atom is 0.0680 e. The molecule has 2 unspecified atom stereocenters. The van der Waals surface area contributed by atoms with E-state index in [4.69, 9.17) is 4.74 Å². The highest BCUT2D eigenvalue weighted by atomic mass is 16.5. The summed E-state index contributed by atoms with van der Waals surface area (Å²) >= 11 is 0. The molecule has 1 N–H and O–H groups in total. The monoisotopic (exact) mass is 253 g/mol. The number of nitrogens with one attached hydrogen (secondary N) is 1. The van der Waals surface area contributed by atoms with Gasteiger partial charge in [0.1, 0.15) is 0 Å². The van der Waals surface area contributed by atoms with Crippen LogP contribution in [-0.4, -0.2) is 23.3 Å². The van der Waals surface area contributed by atoms with Gasteiger partial charge >= 0.3 is 0 Å². The van der Waals surface area contributed by atoms with Crippen LogP contribution in [0.1, 0.15) is 67.7 Å². The van der Waals surface area contributed by atoms with Crippen LogP contribution in [0.2, 0.25) is 0 Å². The molecule has 0 aromatic rings. The molecule has 0 aromatic heterocycles. The van der Waals surface area contributed by atoms with Gasteiger partial charge in [-0.2, -0.15) is 0 Å². The normalized spacial score (nSPS) is 39.2. The van der Waals surface area contributed by atoms with Crippen LogP contribution in [0, 0.1) is 11.3 Å². The Morgan fingerprint density at radius 2 is 1.72 bits per heavy atom. The van der Waals surface area contributed by atoms with Crippen LogP contribution in [0.3, 0.4) is 0 Å². The third kappa shape index (κ3) is 2.12. The molecule has 2 aliphatic rings. The summed E-state index contributed by atoms with van der Waals surface area (Å²) in [4.78, 5) is 0. The Balaban J connectivity index is 2.39. The Morgan fingerprint density at radius 1 is 1.11 bits per heavy atom. The van der Waals surface area contributed by atoms with E-state index in [1.807, 2.05) is 0 Å². The van der Waals surface area contributed by atoms with E-state index in [1.165, 1.54) is 12.8 Å². The summed E-state index contributed by atoms with van der Waals surface area (Å²) in [6.45, 7) is 17.3. The van der Waals surface area contributed by atoms with E-state index in [2.05, 4.69) is 53.8 Å². The number of hydrogen-bond donors (Lipinski definition) is 1. The van der Waals surface area contributed by atoms with Crippen LogP contribution in [-0.2, 0) is 4.74 Å². The van der Waals surface area contributed by atoms with Crippen molar-refractivity contribution in [3.05, 3.63) is 0 Å². The van der Waals surface area contributed by atoms with E-state index in [0.717, 1.165) is 13.0 Å². The zero-order valence-electron chi connectivity index (χ0n) is 13.3. The molecular weight excluding hydrogens is 222 g/mol. The maximum atomic E-state index is 6.34. The molecule has 0 radical (unpaired) electrons. The molecule has 2 heteroatoms. The molecule has 2 saturated heterocycles. The average Bonchev–Trinajstić information content (AvgIpc) is 2.66. The van der Waals surface area contributed by atoms with E-state index in [0.29, 0.717) is 5.92 Å². The van der Waals surface area contributed by atoms with Crippen molar-refractivity contribution < 1.29 is 4.74 Å². The van der Waals surface area contributed by atoms with E-state index >= 15 is 0 Å². The molecule has 2 atom stereocenters. The van der Waals surface area contributed by atoms with Gasteiger partial charge in [0.2, 0.25) is 0 Å². The van der Waals surface area contributed by atoms with Crippen LogP contribution in [0.5, 0.6) is 0 Å². The average molecular weight is 253 g/mol. The second-order valence-corrected chi connectivity index (χ2v) is 8.47. The standard InChI is InChI=1S/C16H31NO/c1-13(2,3)16(9-8-10-17-16)12-11-14(4,5)18-15(12,6)7/h12,17H,8-11H2,1-7H3. The minimum atomic E-state index is -0.0336. The molecule has 2 fully saturated rings. The summed E-state index contributed by atoms with van der Waals surface area (Å²) in [5.74, 6) is 0.586. The van der Waals surface area contributed by atoms with Crippen LogP contribution >= 0.6 is 0 Å². The Labute approximate surface area is 113 Å². The van der Waals surface area contributed by atoms with Gasteiger partial charge in [0, 0.05) is 11.5 Å². The van der Waals surface area contributed by atoms with Crippen molar-refractivity contribution in [1.29, 1.82) is 0 Å². The van der Waals surface area contributed by atoms with Crippen molar-refractivity contribution in [2.75, 3.05) is 6.54 Å². The Hall–Kier alpha value is -0.0800. The van der Waals surface area contributed by atoms with Gasteiger partial charge in [-0.3, -0.25) is 0 Å². The first-order chi connectivity index (χ1) is 8.00. The maximum absolute atomic E-state index is 6.34. The number of ether oxygens (including phenoxy) is 1. The van der Waals surface area contributed by atoms with Gasteiger partial charge in [-0.25, -0.2) is 0 Å². The molecule has 2 nitrogen and oxygen atoms in total. The van der Waals surface area contributed by atoms with Gasteiger partial charge < -0.3 is 10.1 Å². The molecule has 2 aliphatic heterocycles. The van der Waals surface area contributed by atoms with Crippen molar-refractivity contribution in [2.45, 2.75) is 84.5 Å². The lowest BCUT2D eigenvalue weighted by molar-refractivity contribution is -0.0920. The highest BCUT2D eigenvalue weighted by Crippen LogP contribution is 2.54. The number of rotatable bonds is 1. The lowest BCUT2D eigenvalue weighted by atomic mass is 9.60. The minimum Gasteiger partial charge on any atom is -0.369 e. The molecule has 2 rings (SSSR count). The fourth-order valence-corrected chi connectivity index (χ4v) is 4.56. The van der Waals surface area contributed by atoms with Crippen molar-refractivity contribution in [2.24, 2.45) is 11.3 Å². The zero-order chi connectivity index (χ0) is 13.8. The quantitative estimate of drug-likeness (QED) is 0.768. The second kappa shape index (κ2) is 3.96. The van der Waals surface area contributed by atoms with Crippen LogP contribution in [0.4, 0.5) is 0 Å². The Bertz CT molecular complexity index is 318. The summed E-state index contributed by atoms with van der Waals surface area (Å²) in [5, 5.41) is 3.87. The van der Waals surface area contributed by atoms with Crippen molar-refractivity contribution >= 4 is 0 Å². The van der Waals surface area contributed by atoms with E-state index < -0.39 is 0 Å². The van der Waals surface area contributed by atoms with E-state index in [9.17, 15) is 0 Å². The van der Waals surface area contributed by atoms with Gasteiger partial charge in [-0.1, -0.05) is 20.8 Å². The SMILES string of the molecule is CC1(C)CC(C2(C(C)(C)C)CCCN2)C(C)(C)O1. The third-order valence-electron chi connectivity index (χ3n) is 5.20. The number of hydrogen-bond acceptors (Lipinski definition) is 2. The van der Waals surface area contributed by atoms with Gasteiger partial charge in [-0.05, 0) is 58.9 Å². The molecule has 18 heavy (non-hydrogen) atoms. The van der Waals surface area contributed by atoms with E-state index in [-0.39, 0.29) is 22.2 Å². The summed E-state index contributed by atoms with van der Waals surface area (Å²) in [6.07, 6.45) is 3.73. The van der Waals surface area contributed by atoms with Crippen molar-refractivity contribution in [3.8, 4) is 0 Å². The molecular formula is C16H31NO. The molecule has 0 saturated carbocycles. The van der Waals surface area contributed by atoms with Gasteiger partial charge in [0.25, 0.3) is 0 Å². The molecule has 2 heterocycles. The van der Waals surface area contributed by atoms with Crippen LogP contribution in [0.25, 0.3) is 0 Å².